The fourth-order valence-corrected chi connectivity index (χ4v) is 3.32. The number of ether oxygens (including phenoxy) is 1. The van der Waals surface area contributed by atoms with Crippen LogP contribution in [0.25, 0.3) is 0 Å². The van der Waals surface area contributed by atoms with Gasteiger partial charge in [-0.15, -0.1) is 0 Å². The molecule has 0 radical (unpaired) electrons. The summed E-state index contributed by atoms with van der Waals surface area (Å²) in [4.78, 5) is 11.6. The van der Waals surface area contributed by atoms with Gasteiger partial charge in [0.05, 0.1) is 18.1 Å². The molecule has 1 rings (SSSR count). The van der Waals surface area contributed by atoms with Crippen LogP contribution < -0.4 is 10.6 Å². The molecule has 0 bridgehead atoms. The van der Waals surface area contributed by atoms with Gasteiger partial charge in [0.15, 0.2) is 9.84 Å². The van der Waals surface area contributed by atoms with E-state index in [0.29, 0.717) is 32.2 Å². The van der Waals surface area contributed by atoms with Crippen molar-refractivity contribution in [3.63, 3.8) is 0 Å². The number of carbonyl (C=O) groups is 1. The van der Waals surface area contributed by atoms with Crippen molar-refractivity contribution in [2.75, 3.05) is 37.8 Å². The first-order valence-corrected chi connectivity index (χ1v) is 8.49. The molecule has 1 aliphatic heterocycles. The topological polar surface area (TPSA) is 84.5 Å². The van der Waals surface area contributed by atoms with E-state index in [1.165, 1.54) is 0 Å². The molecule has 1 atom stereocenters. The van der Waals surface area contributed by atoms with E-state index in [1.807, 2.05) is 0 Å². The molecule has 7 heteroatoms. The van der Waals surface area contributed by atoms with Crippen LogP contribution in [-0.2, 0) is 19.4 Å². The molecule has 0 aromatic rings. The van der Waals surface area contributed by atoms with Gasteiger partial charge in [0.2, 0.25) is 5.91 Å². The zero-order chi connectivity index (χ0) is 14.3. The second-order valence-corrected chi connectivity index (χ2v) is 7.52. The van der Waals surface area contributed by atoms with Crippen molar-refractivity contribution in [3.8, 4) is 0 Å². The Hall–Kier alpha value is -0.660. The first-order chi connectivity index (χ1) is 8.89. The molecule has 2 N–H and O–H groups in total. The quantitative estimate of drug-likeness (QED) is 0.621. The molecule has 1 heterocycles. The van der Waals surface area contributed by atoms with Crippen molar-refractivity contribution in [2.24, 2.45) is 5.92 Å². The summed E-state index contributed by atoms with van der Waals surface area (Å²) in [5.74, 6) is 0.549. The smallest absolute Gasteiger partial charge is 0.221 e. The second kappa shape index (κ2) is 7.81. The van der Waals surface area contributed by atoms with Crippen molar-refractivity contribution >= 4 is 15.7 Å². The van der Waals surface area contributed by atoms with Crippen LogP contribution in [0.2, 0.25) is 0 Å². The summed E-state index contributed by atoms with van der Waals surface area (Å²) in [5, 5.41) is 5.78. The van der Waals surface area contributed by atoms with E-state index in [4.69, 9.17) is 4.74 Å². The van der Waals surface area contributed by atoms with E-state index in [1.54, 1.807) is 0 Å². The molecule has 1 fully saturated rings. The fraction of sp³-hybridized carbons (Fsp3) is 0.917. The zero-order valence-electron chi connectivity index (χ0n) is 11.6. The van der Waals surface area contributed by atoms with Gasteiger partial charge in [-0.3, -0.25) is 4.79 Å². The molecule has 112 valence electrons. The Bertz CT molecular complexity index is 381. The van der Waals surface area contributed by atoms with Crippen LogP contribution in [0.4, 0.5) is 0 Å². The highest BCUT2D eigenvalue weighted by molar-refractivity contribution is 7.91. The predicted octanol–water partition coefficient (Wildman–Crippen LogP) is -0.448. The Kier molecular flexibility index (Phi) is 6.74. The minimum absolute atomic E-state index is 0.0459. The zero-order valence-corrected chi connectivity index (χ0v) is 12.5. The maximum Gasteiger partial charge on any atom is 0.221 e. The summed E-state index contributed by atoms with van der Waals surface area (Å²) >= 11 is 0. The van der Waals surface area contributed by atoms with Gasteiger partial charge < -0.3 is 15.4 Å². The maximum absolute atomic E-state index is 11.6. The maximum atomic E-state index is 11.6. The third-order valence-electron chi connectivity index (χ3n) is 2.75. The first-order valence-electron chi connectivity index (χ1n) is 6.67. The molecule has 0 saturated carbocycles. The summed E-state index contributed by atoms with van der Waals surface area (Å²) in [7, 11) is -2.98. The van der Waals surface area contributed by atoms with Gasteiger partial charge in [-0.2, -0.15) is 0 Å². The van der Waals surface area contributed by atoms with Crippen LogP contribution in [-0.4, -0.2) is 58.2 Å². The van der Waals surface area contributed by atoms with Gasteiger partial charge in [-0.1, -0.05) is 13.8 Å². The fourth-order valence-electron chi connectivity index (χ4n) is 1.88. The van der Waals surface area contributed by atoms with Crippen LogP contribution in [0.1, 0.15) is 20.3 Å². The third-order valence-corrected chi connectivity index (χ3v) is 4.49. The Labute approximate surface area is 115 Å². The van der Waals surface area contributed by atoms with Gasteiger partial charge in [0.1, 0.15) is 0 Å². The first kappa shape index (κ1) is 16.4. The predicted molar refractivity (Wildman–Crippen MR) is 73.7 cm³/mol. The monoisotopic (exact) mass is 292 g/mol. The van der Waals surface area contributed by atoms with Crippen molar-refractivity contribution in [2.45, 2.75) is 26.3 Å². The molecule has 0 aromatic heterocycles. The van der Waals surface area contributed by atoms with Crippen LogP contribution >= 0.6 is 0 Å². The number of nitrogens with one attached hydrogen (secondary N) is 2. The largest absolute Gasteiger partial charge is 0.379 e. The molecule has 1 amide bonds. The van der Waals surface area contributed by atoms with E-state index < -0.39 is 9.84 Å². The van der Waals surface area contributed by atoms with Crippen molar-refractivity contribution in [1.29, 1.82) is 0 Å². The lowest BCUT2D eigenvalue weighted by atomic mass is 10.2. The second-order valence-electron chi connectivity index (χ2n) is 5.29. The summed E-state index contributed by atoms with van der Waals surface area (Å²) in [5.41, 5.74) is 0. The van der Waals surface area contributed by atoms with E-state index in [2.05, 4.69) is 24.5 Å². The molecular weight excluding hydrogens is 268 g/mol. The number of hydrogen-bond donors (Lipinski definition) is 2. The van der Waals surface area contributed by atoms with Crippen molar-refractivity contribution in [3.05, 3.63) is 0 Å². The Morgan fingerprint density at radius 3 is 2.84 bits per heavy atom. The van der Waals surface area contributed by atoms with Crippen LogP contribution in [0, 0.1) is 5.92 Å². The van der Waals surface area contributed by atoms with E-state index in [-0.39, 0.29) is 29.9 Å². The SMILES string of the molecule is CC(C)COCCNC(=O)CC1CS(=O)(=O)CCN1. The average Bonchev–Trinajstić information content (AvgIpc) is 2.26. The van der Waals surface area contributed by atoms with Crippen LogP contribution in [0.15, 0.2) is 0 Å². The lowest BCUT2D eigenvalue weighted by molar-refractivity contribution is -0.121. The molecule has 1 aliphatic rings. The molecule has 1 unspecified atom stereocenters. The minimum atomic E-state index is -2.98. The average molecular weight is 292 g/mol. The van der Waals surface area contributed by atoms with E-state index in [0.717, 1.165) is 0 Å². The van der Waals surface area contributed by atoms with Crippen LogP contribution in [0.3, 0.4) is 0 Å². The Morgan fingerprint density at radius 1 is 1.47 bits per heavy atom. The third kappa shape index (κ3) is 7.49. The normalized spacial score (nSPS) is 22.4. The highest BCUT2D eigenvalue weighted by atomic mass is 32.2. The van der Waals surface area contributed by atoms with Gasteiger partial charge in [0, 0.05) is 32.2 Å². The highest BCUT2D eigenvalue weighted by Crippen LogP contribution is 2.04. The van der Waals surface area contributed by atoms with Gasteiger partial charge in [0.25, 0.3) is 0 Å². The summed E-state index contributed by atoms with van der Waals surface area (Å²) in [6.07, 6.45) is 0.198. The van der Waals surface area contributed by atoms with Gasteiger partial charge in [-0.05, 0) is 5.92 Å². The lowest BCUT2D eigenvalue weighted by Gasteiger charge is -2.23. The van der Waals surface area contributed by atoms with Crippen molar-refractivity contribution < 1.29 is 17.9 Å². The molecule has 1 saturated heterocycles. The van der Waals surface area contributed by atoms with Gasteiger partial charge in [-0.25, -0.2) is 8.42 Å². The van der Waals surface area contributed by atoms with E-state index in [9.17, 15) is 13.2 Å². The number of amides is 1. The molecule has 6 nitrogen and oxygen atoms in total. The molecule has 0 spiro atoms. The van der Waals surface area contributed by atoms with Crippen LogP contribution in [0.5, 0.6) is 0 Å². The molecule has 19 heavy (non-hydrogen) atoms. The van der Waals surface area contributed by atoms with Gasteiger partial charge >= 0.3 is 0 Å². The van der Waals surface area contributed by atoms with Crippen molar-refractivity contribution in [1.82, 2.24) is 10.6 Å². The standard InChI is InChI=1S/C12H24N2O4S/c1-10(2)8-18-5-3-14-12(15)7-11-9-19(16,17)6-4-13-11/h10-11,13H,3-9H2,1-2H3,(H,14,15). The molecular formula is C12H24N2O4S. The summed E-state index contributed by atoms with van der Waals surface area (Å²) in [6.45, 7) is 6.18. The minimum Gasteiger partial charge on any atom is -0.379 e. The van der Waals surface area contributed by atoms with E-state index >= 15 is 0 Å². The Morgan fingerprint density at radius 2 is 2.21 bits per heavy atom. The number of hydrogen-bond acceptors (Lipinski definition) is 5. The number of rotatable bonds is 7. The summed E-state index contributed by atoms with van der Waals surface area (Å²) in [6, 6.07) is -0.268. The Balaban J connectivity index is 2.14. The summed E-state index contributed by atoms with van der Waals surface area (Å²) < 4.78 is 28.2. The molecule has 0 aliphatic carbocycles. The number of sulfone groups is 1. The molecule has 0 aromatic carbocycles. The highest BCUT2D eigenvalue weighted by Gasteiger charge is 2.25. The number of carbonyl (C=O) groups excluding carboxylic acids is 1. The lowest BCUT2D eigenvalue weighted by Crippen LogP contribution is -2.47.